The molecule has 0 aliphatic carbocycles. The summed E-state index contributed by atoms with van der Waals surface area (Å²) in [6.07, 6.45) is 2.42. The molecule has 1 aliphatic heterocycles. The molecule has 170 valence electrons. The number of para-hydroxylation sites is 2. The highest BCUT2D eigenvalue weighted by Crippen LogP contribution is 2.29. The number of benzene rings is 3. The van der Waals surface area contributed by atoms with E-state index in [0.29, 0.717) is 12.3 Å². The molecule has 5 rings (SSSR count). The third kappa shape index (κ3) is 4.83. The van der Waals surface area contributed by atoms with Crippen molar-refractivity contribution in [2.75, 3.05) is 5.43 Å². The van der Waals surface area contributed by atoms with Crippen molar-refractivity contribution in [1.29, 1.82) is 0 Å². The molecular formula is C25H24N8O. The van der Waals surface area contributed by atoms with Gasteiger partial charge in [-0.05, 0) is 58.3 Å². The Labute approximate surface area is 197 Å². The fraction of sp³-hybridized carbons (Fsp3) is 0.200. The Morgan fingerprint density at radius 1 is 1.03 bits per heavy atom. The summed E-state index contributed by atoms with van der Waals surface area (Å²) < 4.78 is 7.63. The summed E-state index contributed by atoms with van der Waals surface area (Å²) in [4.78, 5) is 0. The zero-order valence-corrected chi connectivity index (χ0v) is 18.7. The number of hydrogen-bond donors (Lipinski definition) is 1. The van der Waals surface area contributed by atoms with Crippen LogP contribution in [0.15, 0.2) is 94.2 Å². The summed E-state index contributed by atoms with van der Waals surface area (Å²) in [6, 6.07) is 25.7. The Morgan fingerprint density at radius 2 is 1.82 bits per heavy atom. The summed E-state index contributed by atoms with van der Waals surface area (Å²) in [5.74, 6) is 1.48. The maximum absolute atomic E-state index is 6.11. The molecule has 0 fully saturated rings. The molecule has 0 amide bonds. The smallest absolute Gasteiger partial charge is 0.292 e. The number of hydrogen-bond acceptors (Lipinski definition) is 7. The van der Waals surface area contributed by atoms with Crippen LogP contribution in [0.3, 0.4) is 0 Å². The second-order valence-corrected chi connectivity index (χ2v) is 7.87. The number of rotatable bonds is 7. The molecule has 1 N–H and O–H groups in total. The topological polar surface area (TPSA) is 102 Å². The van der Waals surface area contributed by atoms with Gasteiger partial charge in [-0.15, -0.1) is 10.2 Å². The Hall–Kier alpha value is -4.40. The van der Waals surface area contributed by atoms with Crippen LogP contribution in [0.25, 0.3) is 5.69 Å². The SMILES string of the molecule is CCCc1ccc(N/N=C(/N=Nc2nnnn2-c2ccccc2)C2Cc3ccccc3O2)cc1. The molecule has 0 spiro atoms. The van der Waals surface area contributed by atoms with Gasteiger partial charge in [-0.1, -0.05) is 67.0 Å². The van der Waals surface area contributed by atoms with Gasteiger partial charge in [-0.2, -0.15) is 9.78 Å². The highest BCUT2D eigenvalue weighted by atomic mass is 16.5. The summed E-state index contributed by atoms with van der Waals surface area (Å²) in [5.41, 5.74) is 7.13. The lowest BCUT2D eigenvalue weighted by Crippen LogP contribution is -2.24. The molecule has 0 bridgehead atoms. The Balaban J connectivity index is 1.41. The highest BCUT2D eigenvalue weighted by molar-refractivity contribution is 5.89. The van der Waals surface area contributed by atoms with Gasteiger partial charge in [0.05, 0.1) is 11.4 Å². The quantitative estimate of drug-likeness (QED) is 0.181. The van der Waals surface area contributed by atoms with Gasteiger partial charge in [0, 0.05) is 6.42 Å². The van der Waals surface area contributed by atoms with Gasteiger partial charge in [0.15, 0.2) is 6.10 Å². The van der Waals surface area contributed by atoms with E-state index in [1.807, 2.05) is 66.7 Å². The lowest BCUT2D eigenvalue weighted by atomic mass is 10.1. The number of hydrazone groups is 1. The van der Waals surface area contributed by atoms with Crippen LogP contribution < -0.4 is 10.2 Å². The summed E-state index contributed by atoms with van der Waals surface area (Å²) >= 11 is 0. The molecule has 9 nitrogen and oxygen atoms in total. The molecule has 3 aromatic carbocycles. The van der Waals surface area contributed by atoms with Gasteiger partial charge < -0.3 is 4.74 Å². The number of anilines is 1. The molecule has 1 aromatic heterocycles. The number of amidine groups is 1. The second-order valence-electron chi connectivity index (χ2n) is 7.87. The molecule has 9 heteroatoms. The molecule has 0 radical (unpaired) electrons. The van der Waals surface area contributed by atoms with Crippen LogP contribution in [0.5, 0.6) is 5.75 Å². The van der Waals surface area contributed by atoms with Gasteiger partial charge in [-0.3, -0.25) is 5.43 Å². The molecule has 4 aromatic rings. The van der Waals surface area contributed by atoms with Gasteiger partial charge in [-0.25, -0.2) is 0 Å². The molecular weight excluding hydrogens is 428 g/mol. The summed E-state index contributed by atoms with van der Waals surface area (Å²) in [6.45, 7) is 2.17. The number of fused-ring (bicyclic) bond motifs is 1. The number of nitrogens with zero attached hydrogens (tertiary/aromatic N) is 7. The van der Waals surface area contributed by atoms with Crippen molar-refractivity contribution in [2.45, 2.75) is 32.3 Å². The van der Waals surface area contributed by atoms with Gasteiger partial charge in [0.2, 0.25) is 5.84 Å². The van der Waals surface area contributed by atoms with Crippen LogP contribution in [0, 0.1) is 0 Å². The number of aromatic nitrogens is 4. The average Bonchev–Trinajstić information content (AvgIpc) is 3.53. The summed E-state index contributed by atoms with van der Waals surface area (Å²) in [5, 5.41) is 25.0. The Kier molecular flexibility index (Phi) is 6.33. The molecule has 1 aliphatic rings. The van der Waals surface area contributed by atoms with E-state index in [1.165, 1.54) is 10.2 Å². The van der Waals surface area contributed by atoms with Crippen molar-refractivity contribution in [3.05, 3.63) is 90.0 Å². The Morgan fingerprint density at radius 3 is 2.62 bits per heavy atom. The largest absolute Gasteiger partial charge is 0.482 e. The van der Waals surface area contributed by atoms with E-state index in [0.717, 1.165) is 35.5 Å². The van der Waals surface area contributed by atoms with Crippen molar-refractivity contribution in [3.63, 3.8) is 0 Å². The third-order valence-electron chi connectivity index (χ3n) is 5.42. The summed E-state index contributed by atoms with van der Waals surface area (Å²) in [7, 11) is 0. The van der Waals surface area contributed by atoms with Crippen LogP contribution in [-0.4, -0.2) is 32.1 Å². The van der Waals surface area contributed by atoms with E-state index in [4.69, 9.17) is 4.74 Å². The molecule has 34 heavy (non-hydrogen) atoms. The zero-order chi connectivity index (χ0) is 23.2. The molecule has 0 saturated carbocycles. The first kappa shape index (κ1) is 21.4. The lowest BCUT2D eigenvalue weighted by molar-refractivity contribution is 0.299. The average molecular weight is 453 g/mol. The number of azo groups is 1. The molecule has 0 saturated heterocycles. The lowest BCUT2D eigenvalue weighted by Gasteiger charge is -2.10. The van der Waals surface area contributed by atoms with Crippen molar-refractivity contribution < 1.29 is 4.74 Å². The monoisotopic (exact) mass is 452 g/mol. The maximum Gasteiger partial charge on any atom is 0.292 e. The molecule has 2 heterocycles. The zero-order valence-electron chi connectivity index (χ0n) is 18.7. The number of nitrogens with one attached hydrogen (secondary N) is 1. The predicted molar refractivity (Wildman–Crippen MR) is 130 cm³/mol. The van der Waals surface area contributed by atoms with Gasteiger partial charge in [0.25, 0.3) is 5.95 Å². The minimum atomic E-state index is -0.380. The van der Waals surface area contributed by atoms with E-state index in [1.54, 1.807) is 0 Å². The van der Waals surface area contributed by atoms with Crippen LogP contribution in [0.4, 0.5) is 11.6 Å². The second kappa shape index (κ2) is 10.0. The van der Waals surface area contributed by atoms with Crippen LogP contribution in [-0.2, 0) is 12.8 Å². The highest BCUT2D eigenvalue weighted by Gasteiger charge is 2.28. The van der Waals surface area contributed by atoms with Crippen molar-refractivity contribution >= 4 is 17.5 Å². The fourth-order valence-electron chi connectivity index (χ4n) is 3.72. The van der Waals surface area contributed by atoms with Crippen LogP contribution in [0.2, 0.25) is 0 Å². The van der Waals surface area contributed by atoms with E-state index >= 15 is 0 Å². The van der Waals surface area contributed by atoms with Crippen LogP contribution >= 0.6 is 0 Å². The normalized spacial score (nSPS) is 15.3. The van der Waals surface area contributed by atoms with Crippen molar-refractivity contribution in [3.8, 4) is 11.4 Å². The number of tetrazole rings is 1. The first-order valence-corrected chi connectivity index (χ1v) is 11.2. The molecule has 1 atom stereocenters. The van der Waals surface area contributed by atoms with Gasteiger partial charge >= 0.3 is 0 Å². The minimum Gasteiger partial charge on any atom is -0.482 e. The standard InChI is InChI=1S/C25H24N8O/c1-2-8-18-13-15-20(16-14-18)26-27-24(23-17-19-9-6-7-12-22(19)34-23)28-29-25-30-31-32-33(25)21-10-4-3-5-11-21/h3-7,9-16,23,26H,2,8,17H2,1H3/b27-24+,29-28?. The van der Waals surface area contributed by atoms with E-state index in [2.05, 4.69) is 55.3 Å². The van der Waals surface area contributed by atoms with Crippen molar-refractivity contribution in [2.24, 2.45) is 15.3 Å². The first-order chi connectivity index (χ1) is 16.8. The van der Waals surface area contributed by atoms with E-state index < -0.39 is 0 Å². The fourth-order valence-corrected chi connectivity index (χ4v) is 3.72. The van der Waals surface area contributed by atoms with Crippen molar-refractivity contribution in [1.82, 2.24) is 20.2 Å². The van der Waals surface area contributed by atoms with Crippen LogP contribution in [0.1, 0.15) is 24.5 Å². The third-order valence-corrected chi connectivity index (χ3v) is 5.42. The van der Waals surface area contributed by atoms with E-state index in [-0.39, 0.29) is 12.1 Å². The minimum absolute atomic E-state index is 0.248. The van der Waals surface area contributed by atoms with Gasteiger partial charge in [0.1, 0.15) is 5.75 Å². The Bertz CT molecular complexity index is 1270. The number of ether oxygens (including phenoxy) is 1. The van der Waals surface area contributed by atoms with E-state index in [9.17, 15) is 0 Å². The maximum atomic E-state index is 6.11. The first-order valence-electron chi connectivity index (χ1n) is 11.2. The molecule has 1 unspecified atom stereocenters. The predicted octanol–water partition coefficient (Wildman–Crippen LogP) is 5.13. The number of aryl methyl sites for hydroxylation is 1.